The van der Waals surface area contributed by atoms with E-state index in [0.717, 1.165) is 43.7 Å². The number of nitrogens with one attached hydrogen (secondary N) is 1. The van der Waals surface area contributed by atoms with E-state index in [1.807, 2.05) is 0 Å². The van der Waals surface area contributed by atoms with Crippen molar-refractivity contribution in [1.29, 1.82) is 0 Å². The van der Waals surface area contributed by atoms with Crippen LogP contribution < -0.4 is 10.2 Å². The van der Waals surface area contributed by atoms with E-state index in [9.17, 15) is 4.79 Å². The summed E-state index contributed by atoms with van der Waals surface area (Å²) in [6.45, 7) is 11.2. The van der Waals surface area contributed by atoms with E-state index < -0.39 is 0 Å². The highest BCUT2D eigenvalue weighted by Gasteiger charge is 2.13. The molecule has 0 radical (unpaired) electrons. The first-order chi connectivity index (χ1) is 13.0. The number of rotatable bonds is 9. The molecule has 27 heavy (non-hydrogen) atoms. The molecule has 0 saturated carbocycles. The molecule has 0 fully saturated rings. The van der Waals surface area contributed by atoms with E-state index >= 15 is 0 Å². The van der Waals surface area contributed by atoms with Crippen molar-refractivity contribution in [3.8, 4) is 0 Å². The summed E-state index contributed by atoms with van der Waals surface area (Å²) >= 11 is 0. The smallest absolute Gasteiger partial charge is 0.273 e. The summed E-state index contributed by atoms with van der Waals surface area (Å²) < 4.78 is 0. The quantitative estimate of drug-likeness (QED) is 0.716. The second-order valence-electron chi connectivity index (χ2n) is 6.66. The maximum atomic E-state index is 12.3. The third-order valence-electron chi connectivity index (χ3n) is 4.67. The van der Waals surface area contributed by atoms with Gasteiger partial charge in [-0.2, -0.15) is 0 Å². The number of benzene rings is 1. The minimum Gasteiger partial charge on any atom is -0.372 e. The van der Waals surface area contributed by atoms with E-state index in [1.165, 1.54) is 11.9 Å². The average Bonchev–Trinajstić information content (AvgIpc) is 2.69. The first-order valence-corrected chi connectivity index (χ1v) is 9.70. The van der Waals surface area contributed by atoms with Crippen molar-refractivity contribution in [1.82, 2.24) is 14.9 Å². The summed E-state index contributed by atoms with van der Waals surface area (Å²) in [5, 5.41) is 3.29. The van der Waals surface area contributed by atoms with Gasteiger partial charge in [0.1, 0.15) is 11.5 Å². The predicted octanol–water partition coefficient (Wildman–Crippen LogP) is 4.25. The number of hydrogen-bond donors (Lipinski definition) is 1. The molecule has 0 aliphatic rings. The molecule has 1 aromatic heterocycles. The van der Waals surface area contributed by atoms with Gasteiger partial charge in [-0.1, -0.05) is 13.3 Å². The molecule has 0 aliphatic heterocycles. The van der Waals surface area contributed by atoms with Crippen LogP contribution in [0.3, 0.4) is 0 Å². The molecule has 146 valence electrons. The Hall–Kier alpha value is -2.63. The number of carbonyl (C=O) groups excluding carboxylic acids is 1. The Morgan fingerprint density at radius 2 is 1.85 bits per heavy atom. The first kappa shape index (κ1) is 20.7. The van der Waals surface area contributed by atoms with Gasteiger partial charge in [-0.05, 0) is 51.0 Å². The number of unbranched alkanes of at least 4 members (excludes halogenated alkanes) is 1. The minimum absolute atomic E-state index is 0.0951. The van der Waals surface area contributed by atoms with E-state index in [2.05, 4.69) is 66.1 Å². The second kappa shape index (κ2) is 9.90. The standard InChI is InChI=1S/C21H31N5O/c1-6-9-12-25(5)21(27)19-14-23-20(15-22-19)24-18-11-10-17(13-16(18)4)26(7-2)8-3/h10-11,13-15H,6-9,12H2,1-5H3,(H,23,24). The van der Waals surface area contributed by atoms with Crippen LogP contribution in [-0.4, -0.2) is 47.5 Å². The number of aromatic nitrogens is 2. The van der Waals surface area contributed by atoms with Crippen LogP contribution >= 0.6 is 0 Å². The molecule has 0 atom stereocenters. The van der Waals surface area contributed by atoms with Gasteiger partial charge in [0.25, 0.3) is 5.91 Å². The van der Waals surface area contributed by atoms with Gasteiger partial charge in [-0.3, -0.25) is 4.79 Å². The Bertz CT molecular complexity index is 741. The van der Waals surface area contributed by atoms with E-state index in [0.29, 0.717) is 11.5 Å². The Labute approximate surface area is 162 Å². The largest absolute Gasteiger partial charge is 0.372 e. The van der Waals surface area contributed by atoms with Crippen LogP contribution in [0.4, 0.5) is 17.2 Å². The lowest BCUT2D eigenvalue weighted by atomic mass is 10.1. The van der Waals surface area contributed by atoms with Gasteiger partial charge in [0.05, 0.1) is 12.4 Å². The van der Waals surface area contributed by atoms with Crippen molar-refractivity contribution < 1.29 is 4.79 Å². The Morgan fingerprint density at radius 3 is 2.41 bits per heavy atom. The number of carbonyl (C=O) groups is 1. The van der Waals surface area contributed by atoms with Crippen molar-refractivity contribution in [3.63, 3.8) is 0 Å². The van der Waals surface area contributed by atoms with Crippen molar-refractivity contribution in [3.05, 3.63) is 41.9 Å². The maximum absolute atomic E-state index is 12.3. The van der Waals surface area contributed by atoms with Crippen LogP contribution in [0.5, 0.6) is 0 Å². The SMILES string of the molecule is CCCCN(C)C(=O)c1cnc(Nc2ccc(N(CC)CC)cc2C)cn1. The van der Waals surface area contributed by atoms with Crippen LogP contribution in [0.15, 0.2) is 30.6 Å². The van der Waals surface area contributed by atoms with E-state index in [1.54, 1.807) is 18.1 Å². The molecule has 2 rings (SSSR count). The van der Waals surface area contributed by atoms with Gasteiger partial charge in [0, 0.05) is 38.1 Å². The molecule has 1 heterocycles. The summed E-state index contributed by atoms with van der Waals surface area (Å²) in [4.78, 5) is 25.0. The van der Waals surface area contributed by atoms with Crippen LogP contribution in [0, 0.1) is 6.92 Å². The molecule has 0 aliphatic carbocycles. The molecule has 0 unspecified atom stereocenters. The van der Waals surface area contributed by atoms with Crippen molar-refractivity contribution >= 4 is 23.1 Å². The van der Waals surface area contributed by atoms with Crippen LogP contribution in [-0.2, 0) is 0 Å². The highest BCUT2D eigenvalue weighted by Crippen LogP contribution is 2.24. The highest BCUT2D eigenvalue weighted by atomic mass is 16.2. The molecule has 0 saturated heterocycles. The fourth-order valence-corrected chi connectivity index (χ4v) is 2.91. The molecular formula is C21H31N5O. The molecule has 0 bridgehead atoms. The van der Waals surface area contributed by atoms with E-state index in [-0.39, 0.29) is 5.91 Å². The number of amides is 1. The molecule has 6 heteroatoms. The van der Waals surface area contributed by atoms with Crippen LogP contribution in [0.1, 0.15) is 49.7 Å². The number of anilines is 3. The third kappa shape index (κ3) is 5.42. The fraction of sp³-hybridized carbons (Fsp3) is 0.476. The van der Waals surface area contributed by atoms with Crippen molar-refractivity contribution in [2.24, 2.45) is 0 Å². The third-order valence-corrected chi connectivity index (χ3v) is 4.67. The lowest BCUT2D eigenvalue weighted by Gasteiger charge is -2.22. The van der Waals surface area contributed by atoms with Crippen LogP contribution in [0.2, 0.25) is 0 Å². The van der Waals surface area contributed by atoms with Gasteiger partial charge in [0.2, 0.25) is 0 Å². The normalized spacial score (nSPS) is 10.6. The Balaban J connectivity index is 2.07. The summed E-state index contributed by atoms with van der Waals surface area (Å²) in [7, 11) is 1.80. The van der Waals surface area contributed by atoms with Gasteiger partial charge < -0.3 is 15.1 Å². The number of hydrogen-bond acceptors (Lipinski definition) is 5. The van der Waals surface area contributed by atoms with Gasteiger partial charge in [0.15, 0.2) is 0 Å². The first-order valence-electron chi connectivity index (χ1n) is 9.70. The molecule has 1 N–H and O–H groups in total. The lowest BCUT2D eigenvalue weighted by Crippen LogP contribution is -2.28. The molecule has 0 spiro atoms. The topological polar surface area (TPSA) is 61.4 Å². The fourth-order valence-electron chi connectivity index (χ4n) is 2.91. The minimum atomic E-state index is -0.0951. The Morgan fingerprint density at radius 1 is 1.11 bits per heavy atom. The average molecular weight is 370 g/mol. The molecular weight excluding hydrogens is 338 g/mol. The molecule has 2 aromatic rings. The summed E-state index contributed by atoms with van der Waals surface area (Å²) in [5.41, 5.74) is 3.71. The predicted molar refractivity (Wildman–Crippen MR) is 112 cm³/mol. The number of aryl methyl sites for hydroxylation is 1. The van der Waals surface area contributed by atoms with Crippen molar-refractivity contribution in [2.45, 2.75) is 40.5 Å². The Kier molecular flexibility index (Phi) is 7.58. The summed E-state index contributed by atoms with van der Waals surface area (Å²) in [6.07, 6.45) is 5.18. The van der Waals surface area contributed by atoms with Gasteiger partial charge >= 0.3 is 0 Å². The molecule has 1 amide bonds. The zero-order valence-corrected chi connectivity index (χ0v) is 17.1. The maximum Gasteiger partial charge on any atom is 0.273 e. The second-order valence-corrected chi connectivity index (χ2v) is 6.66. The molecule has 6 nitrogen and oxygen atoms in total. The summed E-state index contributed by atoms with van der Waals surface area (Å²) in [6, 6.07) is 6.34. The highest BCUT2D eigenvalue weighted by molar-refractivity contribution is 5.91. The zero-order chi connectivity index (χ0) is 19.8. The summed E-state index contributed by atoms with van der Waals surface area (Å²) in [5.74, 6) is 0.531. The lowest BCUT2D eigenvalue weighted by molar-refractivity contribution is 0.0787. The zero-order valence-electron chi connectivity index (χ0n) is 17.1. The van der Waals surface area contributed by atoms with Gasteiger partial charge in [-0.25, -0.2) is 9.97 Å². The molecule has 1 aromatic carbocycles. The van der Waals surface area contributed by atoms with Gasteiger partial charge in [-0.15, -0.1) is 0 Å². The monoisotopic (exact) mass is 369 g/mol. The van der Waals surface area contributed by atoms with E-state index in [4.69, 9.17) is 0 Å². The van der Waals surface area contributed by atoms with Crippen LogP contribution in [0.25, 0.3) is 0 Å². The number of nitrogens with zero attached hydrogens (tertiary/aromatic N) is 4. The van der Waals surface area contributed by atoms with Crippen molar-refractivity contribution in [2.75, 3.05) is 36.9 Å².